The summed E-state index contributed by atoms with van der Waals surface area (Å²) in [6.45, 7) is 2.09. The average molecular weight is 578 g/mol. The van der Waals surface area contributed by atoms with Gasteiger partial charge in [0.2, 0.25) is 5.95 Å². The van der Waals surface area contributed by atoms with E-state index < -0.39 is 0 Å². The second-order valence-electron chi connectivity index (χ2n) is 11.4. The van der Waals surface area contributed by atoms with Crippen molar-refractivity contribution < 1.29 is 0 Å². The number of aryl methyl sites for hydroxylation is 1. The van der Waals surface area contributed by atoms with Crippen molar-refractivity contribution in [2.24, 2.45) is 0 Å². The maximum atomic E-state index is 5.21. The Morgan fingerprint density at radius 3 is 1.62 bits per heavy atom. The summed E-state index contributed by atoms with van der Waals surface area (Å²) in [5.74, 6) is 1.87. The number of para-hydroxylation sites is 3. The van der Waals surface area contributed by atoms with E-state index in [4.69, 9.17) is 15.0 Å². The molecule has 0 atom stereocenters. The Morgan fingerprint density at radius 1 is 0.422 bits per heavy atom. The summed E-state index contributed by atoms with van der Waals surface area (Å²) in [7, 11) is 0. The van der Waals surface area contributed by atoms with Crippen LogP contribution in [0.25, 0.3) is 78.0 Å². The van der Waals surface area contributed by atoms with E-state index in [1.807, 2.05) is 18.2 Å². The first-order chi connectivity index (χ1) is 22.2. The Balaban J connectivity index is 1.47. The Hall–Kier alpha value is -6.07. The van der Waals surface area contributed by atoms with Crippen LogP contribution in [-0.4, -0.2) is 24.1 Å². The van der Waals surface area contributed by atoms with Crippen LogP contribution < -0.4 is 0 Å². The van der Waals surface area contributed by atoms with Crippen molar-refractivity contribution in [2.75, 3.05) is 0 Å². The van der Waals surface area contributed by atoms with Gasteiger partial charge >= 0.3 is 0 Å². The molecule has 0 radical (unpaired) electrons. The lowest BCUT2D eigenvalue weighted by atomic mass is 10.1. The summed E-state index contributed by atoms with van der Waals surface area (Å²) < 4.78 is 4.61. The van der Waals surface area contributed by atoms with E-state index in [2.05, 4.69) is 143 Å². The van der Waals surface area contributed by atoms with E-state index in [1.165, 1.54) is 10.8 Å². The minimum Gasteiger partial charge on any atom is -0.307 e. The maximum absolute atomic E-state index is 5.21. The summed E-state index contributed by atoms with van der Waals surface area (Å²) in [6.07, 6.45) is 0. The zero-order valence-corrected chi connectivity index (χ0v) is 24.6. The van der Waals surface area contributed by atoms with Gasteiger partial charge in [0.05, 0.1) is 22.1 Å². The number of aromatic nitrogens is 5. The lowest BCUT2D eigenvalue weighted by molar-refractivity contribution is 0.953. The molecular formula is C40H27N5. The first-order valence-electron chi connectivity index (χ1n) is 15.1. The molecule has 0 amide bonds. The van der Waals surface area contributed by atoms with Gasteiger partial charge in [0, 0.05) is 38.4 Å². The molecule has 0 bridgehead atoms. The van der Waals surface area contributed by atoms with Crippen LogP contribution in [0.3, 0.4) is 0 Å². The van der Waals surface area contributed by atoms with E-state index in [0.29, 0.717) is 17.6 Å². The Morgan fingerprint density at radius 2 is 0.956 bits per heavy atom. The average Bonchev–Trinajstić information content (AvgIpc) is 3.62. The molecule has 9 rings (SSSR count). The molecule has 0 aliphatic carbocycles. The van der Waals surface area contributed by atoms with Gasteiger partial charge in [-0.1, -0.05) is 121 Å². The van der Waals surface area contributed by atoms with Crippen LogP contribution in [0.15, 0.2) is 146 Å². The third-order valence-electron chi connectivity index (χ3n) is 8.61. The standard InChI is InChI=1S/C40H27N5/c1-26-13-12-16-28(25-26)39-41-38(27-14-4-2-5-15-27)42-40(43-39)45-35-22-11-9-20-31(35)33-24-23-32-30-19-8-10-21-34(30)44(36(32)37(33)45)29-17-6-3-7-18-29/h2-25H,1H3. The molecule has 3 heterocycles. The smallest absolute Gasteiger partial charge is 0.238 e. The van der Waals surface area contributed by atoms with Crippen molar-refractivity contribution in [3.63, 3.8) is 0 Å². The van der Waals surface area contributed by atoms with Crippen LogP contribution in [0.4, 0.5) is 0 Å². The predicted molar refractivity (Wildman–Crippen MR) is 184 cm³/mol. The predicted octanol–water partition coefficient (Wildman–Crippen LogP) is 9.71. The van der Waals surface area contributed by atoms with Gasteiger partial charge in [-0.3, -0.25) is 4.57 Å². The number of rotatable bonds is 4. The van der Waals surface area contributed by atoms with Gasteiger partial charge in [0.1, 0.15) is 0 Å². The Bertz CT molecular complexity index is 2540. The van der Waals surface area contributed by atoms with Crippen LogP contribution in [0.5, 0.6) is 0 Å². The monoisotopic (exact) mass is 577 g/mol. The molecule has 9 aromatic rings. The van der Waals surface area contributed by atoms with Crippen molar-refractivity contribution >= 4 is 43.6 Å². The summed E-state index contributed by atoms with van der Waals surface area (Å²) >= 11 is 0. The van der Waals surface area contributed by atoms with E-state index in [1.54, 1.807) is 0 Å². The van der Waals surface area contributed by atoms with Gasteiger partial charge in [0.15, 0.2) is 11.6 Å². The molecule has 5 nitrogen and oxygen atoms in total. The van der Waals surface area contributed by atoms with Crippen LogP contribution >= 0.6 is 0 Å². The van der Waals surface area contributed by atoms with E-state index in [-0.39, 0.29) is 0 Å². The highest BCUT2D eigenvalue weighted by Gasteiger charge is 2.23. The summed E-state index contributed by atoms with van der Waals surface area (Å²) in [4.78, 5) is 15.4. The van der Waals surface area contributed by atoms with Crippen LogP contribution in [0.1, 0.15) is 5.56 Å². The highest BCUT2D eigenvalue weighted by Crippen LogP contribution is 2.41. The van der Waals surface area contributed by atoms with Crippen molar-refractivity contribution in [3.8, 4) is 34.4 Å². The third kappa shape index (κ3) is 3.98. The van der Waals surface area contributed by atoms with E-state index >= 15 is 0 Å². The third-order valence-corrected chi connectivity index (χ3v) is 8.61. The highest BCUT2D eigenvalue weighted by atomic mass is 15.2. The molecular weight excluding hydrogens is 550 g/mol. The van der Waals surface area contributed by atoms with Crippen molar-refractivity contribution in [3.05, 3.63) is 151 Å². The van der Waals surface area contributed by atoms with Gasteiger partial charge in [-0.15, -0.1) is 0 Å². The molecule has 5 heteroatoms. The molecule has 6 aromatic carbocycles. The largest absolute Gasteiger partial charge is 0.307 e. The summed E-state index contributed by atoms with van der Waals surface area (Å²) in [5.41, 5.74) is 8.55. The van der Waals surface area contributed by atoms with Gasteiger partial charge in [-0.2, -0.15) is 9.97 Å². The fourth-order valence-corrected chi connectivity index (χ4v) is 6.65. The minimum absolute atomic E-state index is 0.587. The molecule has 0 saturated carbocycles. The fourth-order valence-electron chi connectivity index (χ4n) is 6.65. The first kappa shape index (κ1) is 25.4. The van der Waals surface area contributed by atoms with Gasteiger partial charge in [0.25, 0.3) is 0 Å². The lowest BCUT2D eigenvalue weighted by Gasteiger charge is -2.13. The van der Waals surface area contributed by atoms with Crippen molar-refractivity contribution in [1.29, 1.82) is 0 Å². The lowest BCUT2D eigenvalue weighted by Crippen LogP contribution is -2.07. The molecule has 0 N–H and O–H groups in total. The normalized spacial score (nSPS) is 11.7. The number of fused-ring (bicyclic) bond motifs is 7. The highest BCUT2D eigenvalue weighted by molar-refractivity contribution is 6.23. The second-order valence-corrected chi connectivity index (χ2v) is 11.4. The van der Waals surface area contributed by atoms with Crippen LogP contribution in [-0.2, 0) is 0 Å². The van der Waals surface area contributed by atoms with Crippen molar-refractivity contribution in [1.82, 2.24) is 24.1 Å². The van der Waals surface area contributed by atoms with Gasteiger partial charge in [-0.25, -0.2) is 4.98 Å². The molecule has 0 spiro atoms. The quantitative estimate of drug-likeness (QED) is 0.209. The molecule has 0 aliphatic heterocycles. The van der Waals surface area contributed by atoms with E-state index in [9.17, 15) is 0 Å². The number of nitrogens with zero attached hydrogens (tertiary/aromatic N) is 5. The van der Waals surface area contributed by atoms with Gasteiger partial charge < -0.3 is 4.57 Å². The Kier molecular flexibility index (Phi) is 5.65. The summed E-state index contributed by atoms with van der Waals surface area (Å²) in [6, 6.07) is 50.8. The van der Waals surface area contributed by atoms with E-state index in [0.717, 1.165) is 55.2 Å². The minimum atomic E-state index is 0.587. The van der Waals surface area contributed by atoms with Crippen LogP contribution in [0, 0.1) is 6.92 Å². The van der Waals surface area contributed by atoms with Gasteiger partial charge in [-0.05, 0) is 37.3 Å². The molecule has 0 aliphatic rings. The molecule has 0 fully saturated rings. The topological polar surface area (TPSA) is 48.5 Å². The Labute approximate surface area is 259 Å². The summed E-state index contributed by atoms with van der Waals surface area (Å²) in [5, 5.41) is 4.69. The van der Waals surface area contributed by atoms with Crippen LogP contribution in [0.2, 0.25) is 0 Å². The first-order valence-corrected chi connectivity index (χ1v) is 15.1. The fraction of sp³-hybridized carbons (Fsp3) is 0.0250. The number of hydrogen-bond acceptors (Lipinski definition) is 3. The molecule has 0 saturated heterocycles. The molecule has 212 valence electrons. The molecule has 0 unspecified atom stereocenters. The second kappa shape index (κ2) is 10.00. The molecule has 45 heavy (non-hydrogen) atoms. The zero-order valence-electron chi connectivity index (χ0n) is 24.6. The maximum Gasteiger partial charge on any atom is 0.238 e. The number of hydrogen-bond donors (Lipinski definition) is 0. The number of benzene rings is 6. The molecule has 3 aromatic heterocycles. The van der Waals surface area contributed by atoms with Crippen molar-refractivity contribution in [2.45, 2.75) is 6.92 Å². The zero-order chi connectivity index (χ0) is 29.9. The SMILES string of the molecule is Cc1cccc(-c2nc(-c3ccccc3)nc(-n3c4ccccc4c4ccc5c6ccccc6n(-c6ccccc6)c5c43)n2)c1.